The Hall–Kier alpha value is -2.20. The second-order valence-corrected chi connectivity index (χ2v) is 7.10. The summed E-state index contributed by atoms with van der Waals surface area (Å²) in [6, 6.07) is 13.2. The number of methoxy groups -OCH3 is 2. The van der Waals surface area contributed by atoms with Gasteiger partial charge in [-0.25, -0.2) is 0 Å². The summed E-state index contributed by atoms with van der Waals surface area (Å²) in [6.07, 6.45) is 1.87. The number of hydrogen-bond acceptors (Lipinski definition) is 4. The molecule has 140 valence electrons. The number of aryl methyl sites for hydroxylation is 2. The summed E-state index contributed by atoms with van der Waals surface area (Å²) in [7, 11) is 5.64. The Morgan fingerprint density at radius 2 is 1.42 bits per heavy atom. The molecule has 26 heavy (non-hydrogen) atoms. The molecule has 0 bridgehead atoms. The highest BCUT2D eigenvalue weighted by Crippen LogP contribution is 2.31. The predicted molar refractivity (Wildman–Crippen MR) is 108 cm³/mol. The van der Waals surface area contributed by atoms with E-state index in [1.54, 1.807) is 14.2 Å². The summed E-state index contributed by atoms with van der Waals surface area (Å²) in [5.74, 6) is 1.83. The summed E-state index contributed by atoms with van der Waals surface area (Å²) in [6.45, 7) is 6.54. The zero-order valence-corrected chi connectivity index (χ0v) is 16.4. The van der Waals surface area contributed by atoms with Crippen LogP contribution in [0.4, 0.5) is 5.69 Å². The molecule has 1 fully saturated rings. The van der Waals surface area contributed by atoms with Gasteiger partial charge in [0.05, 0.1) is 14.2 Å². The van der Waals surface area contributed by atoms with E-state index >= 15 is 0 Å². The van der Waals surface area contributed by atoms with Crippen molar-refractivity contribution in [2.24, 2.45) is 0 Å². The number of piperazine rings is 1. The van der Waals surface area contributed by atoms with Crippen molar-refractivity contribution in [3.63, 3.8) is 0 Å². The second kappa shape index (κ2) is 8.45. The molecular weight excluding hydrogens is 324 g/mol. The first-order chi connectivity index (χ1) is 12.6. The van der Waals surface area contributed by atoms with Gasteiger partial charge >= 0.3 is 0 Å². The Kier molecular flexibility index (Phi) is 6.04. The van der Waals surface area contributed by atoms with Crippen LogP contribution >= 0.6 is 0 Å². The Balaban J connectivity index is 1.67. The summed E-state index contributed by atoms with van der Waals surface area (Å²) in [5.41, 5.74) is 4.96. The van der Waals surface area contributed by atoms with Crippen LogP contribution in [0.15, 0.2) is 36.4 Å². The van der Waals surface area contributed by atoms with E-state index in [0.29, 0.717) is 0 Å². The maximum atomic E-state index is 5.57. The van der Waals surface area contributed by atoms with Gasteiger partial charge in [0, 0.05) is 37.4 Å². The predicted octanol–water partition coefficient (Wildman–Crippen LogP) is 3.55. The van der Waals surface area contributed by atoms with Crippen LogP contribution in [-0.2, 0) is 12.8 Å². The highest BCUT2D eigenvalue weighted by Gasteiger charge is 2.15. The topological polar surface area (TPSA) is 24.9 Å². The third-order valence-electron chi connectivity index (χ3n) is 5.22. The van der Waals surface area contributed by atoms with Gasteiger partial charge in [-0.3, -0.25) is 0 Å². The molecule has 2 aromatic carbocycles. The van der Waals surface area contributed by atoms with E-state index in [2.05, 4.69) is 60.2 Å². The molecule has 1 aliphatic rings. The molecule has 0 unspecified atom stereocenters. The van der Waals surface area contributed by atoms with Crippen molar-refractivity contribution in [1.29, 1.82) is 0 Å². The number of rotatable bonds is 6. The van der Waals surface area contributed by atoms with Crippen LogP contribution in [0.3, 0.4) is 0 Å². The number of likely N-dealkylation sites (N-methyl/N-ethyl adjacent to an activating group) is 1. The third-order valence-corrected chi connectivity index (χ3v) is 5.22. The molecular formula is C22H30N2O2. The lowest BCUT2D eigenvalue weighted by atomic mass is 10.0. The molecule has 0 atom stereocenters. The van der Waals surface area contributed by atoms with Crippen LogP contribution in [0.2, 0.25) is 0 Å². The molecule has 1 aliphatic heterocycles. The normalized spacial score (nSPS) is 15.2. The van der Waals surface area contributed by atoms with E-state index in [0.717, 1.165) is 61.6 Å². The number of anilines is 1. The van der Waals surface area contributed by atoms with E-state index in [9.17, 15) is 0 Å². The molecule has 4 heteroatoms. The first-order valence-electron chi connectivity index (χ1n) is 9.34. The summed E-state index contributed by atoms with van der Waals surface area (Å²) in [5, 5.41) is 0. The number of hydrogen-bond donors (Lipinski definition) is 0. The highest BCUT2D eigenvalue weighted by atomic mass is 16.5. The average Bonchev–Trinajstić information content (AvgIpc) is 2.67. The summed E-state index contributed by atoms with van der Waals surface area (Å²) in [4.78, 5) is 4.85. The minimum absolute atomic E-state index is 0.903. The minimum atomic E-state index is 0.903. The second-order valence-electron chi connectivity index (χ2n) is 7.10. The van der Waals surface area contributed by atoms with Crippen molar-refractivity contribution in [2.45, 2.75) is 19.8 Å². The number of nitrogens with zero attached hydrogens (tertiary/aromatic N) is 2. The molecule has 1 saturated heterocycles. The standard InChI is InChI=1S/C22H30N2O2/c1-17-15-21(25-3)20(22(16-17)26-4)10-7-18-5-8-19(9-6-18)24-13-11-23(2)12-14-24/h5-6,8-9,15-16H,7,10-14H2,1-4H3. The molecule has 0 aliphatic carbocycles. The summed E-state index contributed by atoms with van der Waals surface area (Å²) < 4.78 is 11.1. The van der Waals surface area contributed by atoms with Gasteiger partial charge in [-0.1, -0.05) is 12.1 Å². The van der Waals surface area contributed by atoms with Gasteiger partial charge in [0.25, 0.3) is 0 Å². The van der Waals surface area contributed by atoms with Crippen LogP contribution in [-0.4, -0.2) is 52.3 Å². The van der Waals surface area contributed by atoms with Crippen molar-refractivity contribution < 1.29 is 9.47 Å². The zero-order chi connectivity index (χ0) is 18.5. The molecule has 0 aromatic heterocycles. The van der Waals surface area contributed by atoms with Crippen LogP contribution < -0.4 is 14.4 Å². The molecule has 0 amide bonds. The van der Waals surface area contributed by atoms with Crippen LogP contribution in [0.1, 0.15) is 16.7 Å². The van der Waals surface area contributed by atoms with E-state index in [-0.39, 0.29) is 0 Å². The number of ether oxygens (including phenoxy) is 2. The maximum absolute atomic E-state index is 5.57. The van der Waals surface area contributed by atoms with Crippen molar-refractivity contribution in [1.82, 2.24) is 4.90 Å². The first kappa shape index (κ1) is 18.6. The van der Waals surface area contributed by atoms with E-state index in [1.807, 2.05) is 0 Å². The van der Waals surface area contributed by atoms with E-state index < -0.39 is 0 Å². The largest absolute Gasteiger partial charge is 0.496 e. The van der Waals surface area contributed by atoms with Gasteiger partial charge in [-0.05, 0) is 62.2 Å². The molecule has 1 heterocycles. The molecule has 4 nitrogen and oxygen atoms in total. The lowest BCUT2D eigenvalue weighted by Crippen LogP contribution is -2.44. The lowest BCUT2D eigenvalue weighted by molar-refractivity contribution is 0.313. The van der Waals surface area contributed by atoms with E-state index in [4.69, 9.17) is 9.47 Å². The van der Waals surface area contributed by atoms with Crippen molar-refractivity contribution in [3.05, 3.63) is 53.1 Å². The fourth-order valence-electron chi connectivity index (χ4n) is 3.57. The molecule has 0 spiro atoms. The Bertz CT molecular complexity index is 694. The monoisotopic (exact) mass is 354 g/mol. The van der Waals surface area contributed by atoms with Crippen LogP contribution in [0.5, 0.6) is 11.5 Å². The fraction of sp³-hybridized carbons (Fsp3) is 0.455. The SMILES string of the molecule is COc1cc(C)cc(OC)c1CCc1ccc(N2CCN(C)CC2)cc1. The van der Waals surface area contributed by atoms with Gasteiger partial charge in [-0.15, -0.1) is 0 Å². The quantitative estimate of drug-likeness (QED) is 0.792. The maximum Gasteiger partial charge on any atom is 0.126 e. The van der Waals surface area contributed by atoms with Gasteiger partial charge in [-0.2, -0.15) is 0 Å². The van der Waals surface area contributed by atoms with Crippen molar-refractivity contribution >= 4 is 5.69 Å². The van der Waals surface area contributed by atoms with Gasteiger partial charge in [0.15, 0.2) is 0 Å². The zero-order valence-electron chi connectivity index (χ0n) is 16.4. The fourth-order valence-corrected chi connectivity index (χ4v) is 3.57. The Morgan fingerprint density at radius 1 is 0.846 bits per heavy atom. The van der Waals surface area contributed by atoms with E-state index in [1.165, 1.54) is 11.3 Å². The molecule has 3 rings (SSSR count). The molecule has 0 N–H and O–H groups in total. The number of benzene rings is 2. The smallest absolute Gasteiger partial charge is 0.126 e. The minimum Gasteiger partial charge on any atom is -0.496 e. The molecule has 0 saturated carbocycles. The van der Waals surface area contributed by atoms with Crippen LogP contribution in [0, 0.1) is 6.92 Å². The average molecular weight is 354 g/mol. The Labute approximate surface area is 157 Å². The van der Waals surface area contributed by atoms with Gasteiger partial charge in [0.2, 0.25) is 0 Å². The van der Waals surface area contributed by atoms with Crippen LogP contribution in [0.25, 0.3) is 0 Å². The Morgan fingerprint density at radius 3 is 1.96 bits per heavy atom. The van der Waals surface area contributed by atoms with Gasteiger partial charge < -0.3 is 19.3 Å². The highest BCUT2D eigenvalue weighted by molar-refractivity contribution is 5.50. The van der Waals surface area contributed by atoms with Gasteiger partial charge in [0.1, 0.15) is 11.5 Å². The van der Waals surface area contributed by atoms with Crippen molar-refractivity contribution in [3.8, 4) is 11.5 Å². The first-order valence-corrected chi connectivity index (χ1v) is 9.34. The lowest BCUT2D eigenvalue weighted by Gasteiger charge is -2.34. The van der Waals surface area contributed by atoms with Crippen molar-refractivity contribution in [2.75, 3.05) is 52.3 Å². The molecule has 2 aromatic rings. The summed E-state index contributed by atoms with van der Waals surface area (Å²) >= 11 is 0. The third kappa shape index (κ3) is 4.31. The molecule has 0 radical (unpaired) electrons.